The highest BCUT2D eigenvalue weighted by Gasteiger charge is 2.53. The number of hydrogen-bond acceptors (Lipinski definition) is 5. The van der Waals surface area contributed by atoms with Gasteiger partial charge in [0.05, 0.1) is 34.4 Å². The molecule has 1 saturated heterocycles. The fourth-order valence-corrected chi connectivity index (χ4v) is 6.37. The van der Waals surface area contributed by atoms with Gasteiger partial charge in [0.25, 0.3) is 0 Å². The van der Waals surface area contributed by atoms with Crippen LogP contribution < -0.4 is 4.90 Å². The first-order valence-electron chi connectivity index (χ1n) is 12.7. The first kappa shape index (κ1) is 25.3. The Balaban J connectivity index is 1.22. The summed E-state index contributed by atoms with van der Waals surface area (Å²) in [5.74, 6) is -1.07. The van der Waals surface area contributed by atoms with E-state index in [2.05, 4.69) is 5.16 Å². The molecule has 1 amide bonds. The number of ether oxygens (including phenoxy) is 1. The van der Waals surface area contributed by atoms with Crippen LogP contribution >= 0.6 is 23.2 Å². The minimum atomic E-state index is -0.973. The number of amides is 1. The van der Waals surface area contributed by atoms with Crippen molar-refractivity contribution in [2.45, 2.75) is 63.2 Å². The number of carbonyl (C=O) groups is 2. The topological polar surface area (TPSA) is 92.9 Å². The third kappa shape index (κ3) is 4.48. The molecule has 0 unspecified atom stereocenters. The number of benzene rings is 2. The van der Waals surface area contributed by atoms with Crippen molar-refractivity contribution in [1.82, 2.24) is 5.16 Å². The van der Waals surface area contributed by atoms with Gasteiger partial charge in [0.1, 0.15) is 17.3 Å². The zero-order valence-corrected chi connectivity index (χ0v) is 21.8. The molecule has 3 aromatic rings. The van der Waals surface area contributed by atoms with Gasteiger partial charge in [-0.25, -0.2) is 4.39 Å². The Morgan fingerprint density at radius 3 is 2.58 bits per heavy atom. The maximum absolute atomic E-state index is 14.9. The molecule has 10 heteroatoms. The number of fused-ring (bicyclic) bond motifs is 2. The van der Waals surface area contributed by atoms with E-state index >= 15 is 0 Å². The van der Waals surface area contributed by atoms with E-state index in [0.29, 0.717) is 39.7 Å². The number of halogens is 3. The summed E-state index contributed by atoms with van der Waals surface area (Å²) < 4.78 is 27.0. The standard InChI is InChI=1S/C28H25Cl2FN2O5/c29-19-4-2-5-20(30)24(19)25-18(27(38-32-25)15-7-8-15)13-37-22-12-16-11-17(22)28(36)33(16)26-14(9-10-23(34)35)3-1-6-21(26)31/h1-6,15-17,22H,7-13H2,(H,34,35)/t16-,17+,22+/m0/s1. The van der Waals surface area contributed by atoms with Crippen molar-refractivity contribution in [3.05, 3.63) is 69.1 Å². The van der Waals surface area contributed by atoms with E-state index in [4.69, 9.17) is 37.6 Å². The second-order valence-corrected chi connectivity index (χ2v) is 11.0. The zero-order valence-electron chi connectivity index (χ0n) is 20.3. The first-order chi connectivity index (χ1) is 18.3. The molecule has 3 fully saturated rings. The third-order valence-corrected chi connectivity index (χ3v) is 8.36. The van der Waals surface area contributed by atoms with Gasteiger partial charge in [0.2, 0.25) is 5.91 Å². The number of carboxylic acid groups (broad SMARTS) is 1. The van der Waals surface area contributed by atoms with Gasteiger partial charge in [-0.3, -0.25) is 9.59 Å². The number of para-hydroxylation sites is 1. The van der Waals surface area contributed by atoms with E-state index in [1.165, 1.54) is 11.0 Å². The van der Waals surface area contributed by atoms with Crippen molar-refractivity contribution in [3.8, 4) is 11.3 Å². The van der Waals surface area contributed by atoms with Crippen molar-refractivity contribution in [2.24, 2.45) is 5.92 Å². The van der Waals surface area contributed by atoms with Crippen LogP contribution in [0.15, 0.2) is 40.9 Å². The number of carboxylic acids is 1. The van der Waals surface area contributed by atoms with Crippen molar-refractivity contribution >= 4 is 40.8 Å². The SMILES string of the molecule is O=C(O)CCc1cccc(F)c1N1C(=O)[C@@H]2C[C@H]1C[C@H]2OCc1c(-c2c(Cl)cccc2Cl)noc1C1CC1. The van der Waals surface area contributed by atoms with Crippen LogP contribution in [0.5, 0.6) is 0 Å². The Hall–Kier alpha value is -2.94. The molecule has 1 aliphatic heterocycles. The van der Waals surface area contributed by atoms with Gasteiger partial charge < -0.3 is 19.3 Å². The highest BCUT2D eigenvalue weighted by atomic mass is 35.5. The minimum Gasteiger partial charge on any atom is -0.481 e. The van der Waals surface area contributed by atoms with Crippen molar-refractivity contribution in [2.75, 3.05) is 4.90 Å². The molecule has 1 aromatic heterocycles. The van der Waals surface area contributed by atoms with Gasteiger partial charge in [-0.2, -0.15) is 0 Å². The number of anilines is 1. The lowest BCUT2D eigenvalue weighted by Gasteiger charge is -2.33. The lowest BCUT2D eigenvalue weighted by molar-refractivity contribution is -0.137. The van der Waals surface area contributed by atoms with Crippen molar-refractivity contribution in [3.63, 3.8) is 0 Å². The smallest absolute Gasteiger partial charge is 0.303 e. The van der Waals surface area contributed by atoms with Crippen LogP contribution in [0.25, 0.3) is 11.3 Å². The minimum absolute atomic E-state index is 0.141. The van der Waals surface area contributed by atoms with Crippen LogP contribution in [-0.4, -0.2) is 34.3 Å². The maximum atomic E-state index is 14.9. The van der Waals surface area contributed by atoms with Gasteiger partial charge in [0.15, 0.2) is 0 Å². The van der Waals surface area contributed by atoms with E-state index < -0.39 is 17.7 Å². The number of aromatic nitrogens is 1. The molecule has 1 N–H and O–H groups in total. The average molecular weight is 559 g/mol. The zero-order chi connectivity index (χ0) is 26.6. The quantitative estimate of drug-likeness (QED) is 0.327. The van der Waals surface area contributed by atoms with Gasteiger partial charge in [0, 0.05) is 29.5 Å². The van der Waals surface area contributed by atoms with Crippen LogP contribution in [0.4, 0.5) is 10.1 Å². The molecule has 3 atom stereocenters. The van der Waals surface area contributed by atoms with E-state index in [9.17, 15) is 14.0 Å². The van der Waals surface area contributed by atoms with Crippen LogP contribution in [0, 0.1) is 11.7 Å². The van der Waals surface area contributed by atoms with Crippen LogP contribution in [0.1, 0.15) is 54.9 Å². The normalized spacial score (nSPS) is 22.4. The molecular formula is C28H25Cl2FN2O5. The predicted octanol–water partition coefficient (Wildman–Crippen LogP) is 6.39. The van der Waals surface area contributed by atoms with E-state index in [0.717, 1.165) is 24.2 Å². The number of rotatable bonds is 9. The lowest BCUT2D eigenvalue weighted by atomic mass is 10.0. The average Bonchev–Trinajstić information content (AvgIpc) is 3.39. The van der Waals surface area contributed by atoms with Crippen molar-refractivity contribution < 1.29 is 28.3 Å². The summed E-state index contributed by atoms with van der Waals surface area (Å²) in [4.78, 5) is 26.1. The Bertz CT molecular complexity index is 1400. The number of aryl methyl sites for hydroxylation is 1. The Morgan fingerprint density at radius 1 is 1.16 bits per heavy atom. The molecule has 2 saturated carbocycles. The van der Waals surface area contributed by atoms with Crippen molar-refractivity contribution in [1.29, 1.82) is 0 Å². The highest BCUT2D eigenvalue weighted by molar-refractivity contribution is 6.39. The fourth-order valence-electron chi connectivity index (χ4n) is 5.79. The van der Waals surface area contributed by atoms with E-state index in [-0.39, 0.29) is 49.1 Å². The van der Waals surface area contributed by atoms with E-state index in [1.807, 2.05) is 0 Å². The number of nitrogens with zero attached hydrogens (tertiary/aromatic N) is 2. The van der Waals surface area contributed by atoms with Gasteiger partial charge >= 0.3 is 5.97 Å². The highest BCUT2D eigenvalue weighted by Crippen LogP contribution is 2.48. The van der Waals surface area contributed by atoms with Gasteiger partial charge in [-0.15, -0.1) is 0 Å². The molecule has 2 heterocycles. The summed E-state index contributed by atoms with van der Waals surface area (Å²) in [6.45, 7) is 0.191. The molecular weight excluding hydrogens is 534 g/mol. The molecule has 6 rings (SSSR count). The monoisotopic (exact) mass is 558 g/mol. The number of piperidine rings is 1. The maximum Gasteiger partial charge on any atom is 0.303 e. The van der Waals surface area contributed by atoms with E-state index in [1.54, 1.807) is 30.3 Å². The Labute approximate surface area is 228 Å². The molecule has 2 aromatic carbocycles. The Morgan fingerprint density at radius 2 is 1.89 bits per heavy atom. The molecule has 38 heavy (non-hydrogen) atoms. The molecule has 2 aliphatic carbocycles. The summed E-state index contributed by atoms with van der Waals surface area (Å²) in [7, 11) is 0. The molecule has 7 nitrogen and oxygen atoms in total. The molecule has 0 radical (unpaired) electrons. The second-order valence-electron chi connectivity index (χ2n) is 10.2. The molecule has 198 valence electrons. The fraction of sp³-hybridized carbons (Fsp3) is 0.393. The van der Waals surface area contributed by atoms with Crippen LogP contribution in [-0.2, 0) is 27.4 Å². The van der Waals surface area contributed by atoms with Crippen LogP contribution in [0.3, 0.4) is 0 Å². The Kier molecular flexibility index (Phi) is 6.66. The lowest BCUT2D eigenvalue weighted by Crippen LogP contribution is -2.44. The number of carbonyl (C=O) groups excluding carboxylic acids is 1. The molecule has 2 bridgehead atoms. The first-order valence-corrected chi connectivity index (χ1v) is 13.5. The van der Waals surface area contributed by atoms with Crippen LogP contribution in [0.2, 0.25) is 10.0 Å². The molecule has 3 aliphatic rings. The van der Waals surface area contributed by atoms with Gasteiger partial charge in [-0.1, -0.05) is 46.6 Å². The third-order valence-electron chi connectivity index (χ3n) is 7.73. The summed E-state index contributed by atoms with van der Waals surface area (Å²) in [5, 5.41) is 14.3. The van der Waals surface area contributed by atoms with Gasteiger partial charge in [-0.05, 0) is 55.9 Å². The predicted molar refractivity (Wildman–Crippen MR) is 139 cm³/mol. The largest absolute Gasteiger partial charge is 0.481 e. The molecule has 0 spiro atoms. The summed E-state index contributed by atoms with van der Waals surface area (Å²) in [5.41, 5.74) is 2.64. The summed E-state index contributed by atoms with van der Waals surface area (Å²) in [6.07, 6.45) is 2.79. The summed E-state index contributed by atoms with van der Waals surface area (Å²) >= 11 is 12.9. The number of aliphatic carboxylic acids is 1. The number of hydrogen-bond donors (Lipinski definition) is 1. The summed E-state index contributed by atoms with van der Waals surface area (Å²) in [6, 6.07) is 9.56. The second kappa shape index (κ2) is 9.98.